The zero-order valence-electron chi connectivity index (χ0n) is 13.9. The van der Waals surface area contributed by atoms with Crippen molar-refractivity contribution in [1.82, 2.24) is 5.32 Å². The maximum atomic E-state index is 12.2. The number of hydrogen-bond donors (Lipinski definition) is 3. The number of alkyl halides is 2. The Bertz CT molecular complexity index is 733. The van der Waals surface area contributed by atoms with Gasteiger partial charge in [0, 0.05) is 17.6 Å². The summed E-state index contributed by atoms with van der Waals surface area (Å²) >= 11 is 1.09. The van der Waals surface area contributed by atoms with E-state index in [-0.39, 0.29) is 13.1 Å². The number of hydrogen-bond acceptors (Lipinski definition) is 7. The first-order chi connectivity index (χ1) is 12.9. The summed E-state index contributed by atoms with van der Waals surface area (Å²) < 4.78 is 29.4. The molecule has 146 valence electrons. The molecule has 0 spiro atoms. The highest BCUT2D eigenvalue weighted by atomic mass is 32.2. The molecule has 0 aromatic heterocycles. The van der Waals surface area contributed by atoms with Crippen LogP contribution >= 0.6 is 11.8 Å². The van der Waals surface area contributed by atoms with E-state index in [0.717, 1.165) is 11.8 Å². The van der Waals surface area contributed by atoms with Crippen LogP contribution in [0.4, 0.5) is 25.0 Å². The SMILES string of the molecule is O=C(NCC1CN(c2ccc(N3C=CSC(O)C3O)cc2)C(=O)O1)C(F)F. The Labute approximate surface area is 157 Å². The van der Waals surface area contributed by atoms with Gasteiger partial charge < -0.3 is 25.2 Å². The molecule has 3 unspecified atom stereocenters. The molecule has 3 rings (SSSR count). The lowest BCUT2D eigenvalue weighted by atomic mass is 10.2. The lowest BCUT2D eigenvalue weighted by Crippen LogP contribution is -2.40. The first-order valence-electron chi connectivity index (χ1n) is 7.97. The van der Waals surface area contributed by atoms with Crippen LogP contribution in [0.25, 0.3) is 0 Å². The molecule has 27 heavy (non-hydrogen) atoms. The summed E-state index contributed by atoms with van der Waals surface area (Å²) in [6, 6.07) is 6.58. The third-order valence-corrected chi connectivity index (χ3v) is 4.82. The number of carbonyl (C=O) groups excluding carboxylic acids is 2. The number of aliphatic hydroxyl groups excluding tert-OH is 2. The molecule has 3 atom stereocenters. The monoisotopic (exact) mass is 401 g/mol. The number of carbonyl (C=O) groups is 2. The number of halogens is 2. The van der Waals surface area contributed by atoms with Gasteiger partial charge >= 0.3 is 12.5 Å². The first kappa shape index (κ1) is 19.4. The molecule has 3 N–H and O–H groups in total. The zero-order valence-corrected chi connectivity index (χ0v) is 14.7. The Morgan fingerprint density at radius 3 is 2.63 bits per heavy atom. The van der Waals surface area contributed by atoms with Gasteiger partial charge in [0.25, 0.3) is 5.91 Å². The van der Waals surface area contributed by atoms with Crippen molar-refractivity contribution in [3.05, 3.63) is 35.9 Å². The van der Waals surface area contributed by atoms with Crippen LogP contribution in [0.2, 0.25) is 0 Å². The van der Waals surface area contributed by atoms with Gasteiger partial charge in [-0.2, -0.15) is 8.78 Å². The molecule has 11 heteroatoms. The number of cyclic esters (lactones) is 1. The highest BCUT2D eigenvalue weighted by molar-refractivity contribution is 8.02. The van der Waals surface area contributed by atoms with Gasteiger partial charge in [0.2, 0.25) is 0 Å². The molecule has 1 aromatic carbocycles. The predicted octanol–water partition coefficient (Wildman–Crippen LogP) is 1.05. The van der Waals surface area contributed by atoms with E-state index in [1.807, 2.05) is 5.32 Å². The van der Waals surface area contributed by atoms with Gasteiger partial charge in [-0.25, -0.2) is 4.79 Å². The van der Waals surface area contributed by atoms with Crippen molar-refractivity contribution in [3.8, 4) is 0 Å². The van der Waals surface area contributed by atoms with Crippen LogP contribution in [0.3, 0.4) is 0 Å². The van der Waals surface area contributed by atoms with Gasteiger partial charge in [-0.15, -0.1) is 0 Å². The van der Waals surface area contributed by atoms with E-state index < -0.39 is 36.2 Å². The summed E-state index contributed by atoms with van der Waals surface area (Å²) in [5.74, 6) is -1.41. The summed E-state index contributed by atoms with van der Waals surface area (Å²) in [4.78, 5) is 25.7. The molecule has 0 radical (unpaired) electrons. The average molecular weight is 401 g/mol. The molecular weight excluding hydrogens is 384 g/mol. The summed E-state index contributed by atoms with van der Waals surface area (Å²) in [6.45, 7) is -0.104. The minimum atomic E-state index is -3.12. The molecule has 0 saturated carbocycles. The number of anilines is 2. The zero-order chi connectivity index (χ0) is 19.6. The molecule has 1 saturated heterocycles. The van der Waals surface area contributed by atoms with E-state index in [0.29, 0.717) is 11.4 Å². The summed E-state index contributed by atoms with van der Waals surface area (Å²) in [6.07, 6.45) is -3.99. The van der Waals surface area contributed by atoms with Crippen LogP contribution in [0, 0.1) is 0 Å². The van der Waals surface area contributed by atoms with Crippen molar-refractivity contribution in [2.24, 2.45) is 0 Å². The van der Waals surface area contributed by atoms with Crippen molar-refractivity contribution in [2.45, 2.75) is 24.2 Å². The lowest BCUT2D eigenvalue weighted by Gasteiger charge is -2.32. The molecule has 2 aliphatic rings. The maximum Gasteiger partial charge on any atom is 0.414 e. The molecule has 2 heterocycles. The minimum absolute atomic E-state index is 0.100. The van der Waals surface area contributed by atoms with Crippen LogP contribution in [-0.2, 0) is 9.53 Å². The Kier molecular flexibility index (Phi) is 5.82. The van der Waals surface area contributed by atoms with E-state index in [2.05, 4.69) is 0 Å². The van der Waals surface area contributed by atoms with E-state index in [4.69, 9.17) is 4.74 Å². The number of thioether (sulfide) groups is 1. The van der Waals surface area contributed by atoms with Gasteiger partial charge in [0.05, 0.1) is 13.1 Å². The molecule has 8 nitrogen and oxygen atoms in total. The average Bonchev–Trinajstić information content (AvgIpc) is 3.03. The van der Waals surface area contributed by atoms with Crippen molar-refractivity contribution >= 4 is 35.1 Å². The van der Waals surface area contributed by atoms with E-state index in [1.54, 1.807) is 35.9 Å². The number of rotatable bonds is 5. The van der Waals surface area contributed by atoms with Crippen LogP contribution in [0.5, 0.6) is 0 Å². The third-order valence-electron chi connectivity index (χ3n) is 4.02. The van der Waals surface area contributed by atoms with Crippen LogP contribution in [0.15, 0.2) is 35.9 Å². The summed E-state index contributed by atoms with van der Waals surface area (Å²) in [7, 11) is 0. The molecular formula is C16H17F2N3O5S. The number of aliphatic hydroxyl groups is 2. The second-order valence-corrected chi connectivity index (χ2v) is 6.84. The Morgan fingerprint density at radius 1 is 1.30 bits per heavy atom. The number of benzene rings is 1. The first-order valence-corrected chi connectivity index (χ1v) is 8.92. The fourth-order valence-corrected chi connectivity index (χ4v) is 3.28. The Balaban J connectivity index is 1.63. The van der Waals surface area contributed by atoms with Gasteiger partial charge in [-0.05, 0) is 29.7 Å². The summed E-state index contributed by atoms with van der Waals surface area (Å²) in [5.41, 5.74) is 0.138. The minimum Gasteiger partial charge on any atom is -0.442 e. The second kappa shape index (κ2) is 8.11. The quantitative estimate of drug-likeness (QED) is 0.678. The van der Waals surface area contributed by atoms with Gasteiger partial charge in [-0.1, -0.05) is 11.8 Å². The maximum absolute atomic E-state index is 12.2. The van der Waals surface area contributed by atoms with E-state index in [1.165, 1.54) is 9.80 Å². The largest absolute Gasteiger partial charge is 0.442 e. The molecule has 1 aromatic rings. The summed E-state index contributed by atoms with van der Waals surface area (Å²) in [5, 5.41) is 23.4. The van der Waals surface area contributed by atoms with Crippen LogP contribution < -0.4 is 15.1 Å². The highest BCUT2D eigenvalue weighted by Crippen LogP contribution is 2.30. The van der Waals surface area contributed by atoms with Crippen LogP contribution in [0.1, 0.15) is 0 Å². The normalized spacial score (nSPS) is 25.1. The van der Waals surface area contributed by atoms with E-state index >= 15 is 0 Å². The Morgan fingerprint density at radius 2 is 1.96 bits per heavy atom. The number of amides is 2. The second-order valence-electron chi connectivity index (χ2n) is 5.81. The molecule has 0 aliphatic carbocycles. The van der Waals surface area contributed by atoms with Gasteiger partial charge in [0.1, 0.15) is 11.5 Å². The van der Waals surface area contributed by atoms with Crippen molar-refractivity contribution < 1.29 is 33.3 Å². The van der Waals surface area contributed by atoms with Gasteiger partial charge in [-0.3, -0.25) is 9.69 Å². The van der Waals surface area contributed by atoms with E-state index in [9.17, 15) is 28.6 Å². The standard InChI is InChI=1S/C16H17F2N3O5S/c17-12(18)13(22)19-7-11-8-21(16(25)26-11)10-3-1-9(2-4-10)20-5-6-27-15(24)14(20)23/h1-6,11-12,14-15,23-24H,7-8H2,(H,19,22). The Hall–Kier alpha value is -2.37. The fourth-order valence-electron chi connectivity index (χ4n) is 2.65. The van der Waals surface area contributed by atoms with Crippen molar-refractivity contribution in [2.75, 3.05) is 22.9 Å². The molecule has 1 fully saturated rings. The predicted molar refractivity (Wildman–Crippen MR) is 94.3 cm³/mol. The third kappa shape index (κ3) is 4.31. The topological polar surface area (TPSA) is 102 Å². The lowest BCUT2D eigenvalue weighted by molar-refractivity contribution is -0.132. The van der Waals surface area contributed by atoms with Crippen molar-refractivity contribution in [1.29, 1.82) is 0 Å². The van der Waals surface area contributed by atoms with Crippen LogP contribution in [-0.4, -0.2) is 59.5 Å². The highest BCUT2D eigenvalue weighted by Gasteiger charge is 2.33. The fraction of sp³-hybridized carbons (Fsp3) is 0.375. The van der Waals surface area contributed by atoms with Gasteiger partial charge in [0.15, 0.2) is 6.23 Å². The molecule has 2 aliphatic heterocycles. The molecule has 2 amide bonds. The number of ether oxygens (including phenoxy) is 1. The number of nitrogens with zero attached hydrogens (tertiary/aromatic N) is 2. The molecule has 0 bridgehead atoms. The van der Waals surface area contributed by atoms with Crippen molar-refractivity contribution in [3.63, 3.8) is 0 Å². The smallest absolute Gasteiger partial charge is 0.414 e. The number of nitrogens with one attached hydrogen (secondary N) is 1.